The number of carbonyl (C=O) groups is 2. The van der Waals surface area contributed by atoms with E-state index in [0.29, 0.717) is 12.3 Å². The highest BCUT2D eigenvalue weighted by molar-refractivity contribution is 8.00. The van der Waals surface area contributed by atoms with Crippen LogP contribution in [0.4, 0.5) is 5.69 Å². The van der Waals surface area contributed by atoms with Crippen LogP contribution in [0.3, 0.4) is 0 Å². The average Bonchev–Trinajstić information content (AvgIpc) is 2.54. The fourth-order valence-corrected chi connectivity index (χ4v) is 2.91. The third-order valence-corrected chi connectivity index (χ3v) is 4.21. The Morgan fingerprint density at radius 3 is 2.43 bits per heavy atom. The molecule has 0 aliphatic heterocycles. The molecule has 4 nitrogen and oxygen atoms in total. The van der Waals surface area contributed by atoms with Gasteiger partial charge < -0.3 is 10.6 Å². The van der Waals surface area contributed by atoms with Crippen LogP contribution in [0, 0.1) is 0 Å². The summed E-state index contributed by atoms with van der Waals surface area (Å²) in [5.74, 6) is 0.194. The highest BCUT2D eigenvalue weighted by Crippen LogP contribution is 2.26. The summed E-state index contributed by atoms with van der Waals surface area (Å²) >= 11 is 1.42. The zero-order valence-corrected chi connectivity index (χ0v) is 13.9. The third kappa shape index (κ3) is 6.16. The van der Waals surface area contributed by atoms with Gasteiger partial charge in [-0.25, -0.2) is 0 Å². The predicted molar refractivity (Wildman–Crippen MR) is 94.6 cm³/mol. The van der Waals surface area contributed by atoms with Gasteiger partial charge in [0.15, 0.2) is 0 Å². The van der Waals surface area contributed by atoms with Crippen molar-refractivity contribution >= 4 is 29.3 Å². The van der Waals surface area contributed by atoms with Gasteiger partial charge >= 0.3 is 0 Å². The van der Waals surface area contributed by atoms with Gasteiger partial charge in [-0.3, -0.25) is 9.59 Å². The van der Waals surface area contributed by atoms with Crippen LogP contribution in [-0.2, 0) is 16.0 Å². The number of hydrogen-bond acceptors (Lipinski definition) is 3. The van der Waals surface area contributed by atoms with Crippen molar-refractivity contribution in [3.8, 4) is 0 Å². The lowest BCUT2D eigenvalue weighted by atomic mass is 10.1. The Balaban J connectivity index is 1.77. The summed E-state index contributed by atoms with van der Waals surface area (Å²) in [5.41, 5.74) is 1.94. The van der Waals surface area contributed by atoms with E-state index >= 15 is 0 Å². The molecule has 0 aromatic heterocycles. The van der Waals surface area contributed by atoms with Gasteiger partial charge in [-0.2, -0.15) is 0 Å². The monoisotopic (exact) mass is 328 g/mol. The molecule has 2 rings (SSSR count). The maximum absolute atomic E-state index is 11.9. The molecule has 0 aliphatic rings. The lowest BCUT2D eigenvalue weighted by Gasteiger charge is -2.09. The van der Waals surface area contributed by atoms with E-state index in [9.17, 15) is 9.59 Å². The molecule has 0 aliphatic carbocycles. The first-order chi connectivity index (χ1) is 11.1. The van der Waals surface area contributed by atoms with Crippen LogP contribution in [-0.4, -0.2) is 24.1 Å². The van der Waals surface area contributed by atoms with Crippen molar-refractivity contribution in [1.29, 1.82) is 0 Å². The van der Waals surface area contributed by atoms with E-state index in [0.717, 1.165) is 17.0 Å². The zero-order chi connectivity index (χ0) is 16.5. The molecule has 0 spiro atoms. The molecule has 0 atom stereocenters. The maximum Gasteiger partial charge on any atom is 0.230 e. The fourth-order valence-electron chi connectivity index (χ4n) is 2.07. The predicted octanol–water partition coefficient (Wildman–Crippen LogP) is 3.10. The highest BCUT2D eigenvalue weighted by Gasteiger charge is 2.07. The Morgan fingerprint density at radius 1 is 1.00 bits per heavy atom. The summed E-state index contributed by atoms with van der Waals surface area (Å²) in [7, 11) is 0. The molecule has 2 aromatic carbocycles. The van der Waals surface area contributed by atoms with Gasteiger partial charge in [0.1, 0.15) is 0 Å². The number of carbonyl (C=O) groups excluding carboxylic acids is 2. The van der Waals surface area contributed by atoms with Crippen molar-refractivity contribution < 1.29 is 9.59 Å². The number of hydrogen-bond donors (Lipinski definition) is 2. The van der Waals surface area contributed by atoms with Gasteiger partial charge in [0, 0.05) is 18.4 Å². The topological polar surface area (TPSA) is 58.2 Å². The molecule has 0 fully saturated rings. The molecular formula is C18H20N2O2S. The smallest absolute Gasteiger partial charge is 0.230 e. The summed E-state index contributed by atoms with van der Waals surface area (Å²) in [6.45, 7) is 2.09. The number of rotatable bonds is 7. The van der Waals surface area contributed by atoms with Gasteiger partial charge in [0.25, 0.3) is 0 Å². The Hall–Kier alpha value is -2.27. The number of amides is 2. The number of para-hydroxylation sites is 1. The quantitative estimate of drug-likeness (QED) is 0.768. The normalized spacial score (nSPS) is 10.1. The third-order valence-electron chi connectivity index (χ3n) is 3.14. The van der Waals surface area contributed by atoms with Gasteiger partial charge in [-0.15, -0.1) is 11.8 Å². The van der Waals surface area contributed by atoms with Gasteiger partial charge in [0.2, 0.25) is 11.8 Å². The lowest BCUT2D eigenvalue weighted by molar-refractivity contribution is -0.118. The van der Waals surface area contributed by atoms with Crippen molar-refractivity contribution in [1.82, 2.24) is 5.32 Å². The summed E-state index contributed by atoms with van der Waals surface area (Å²) in [6, 6.07) is 17.5. The van der Waals surface area contributed by atoms with Gasteiger partial charge in [0.05, 0.1) is 11.4 Å². The van der Waals surface area contributed by atoms with E-state index in [4.69, 9.17) is 0 Å². The molecular weight excluding hydrogens is 308 g/mol. The lowest BCUT2D eigenvalue weighted by Crippen LogP contribution is -2.27. The van der Waals surface area contributed by atoms with Crippen molar-refractivity contribution in [3.05, 3.63) is 60.2 Å². The molecule has 0 unspecified atom stereocenters. The van der Waals surface area contributed by atoms with E-state index < -0.39 is 0 Å². The largest absolute Gasteiger partial charge is 0.355 e. The molecule has 0 radical (unpaired) electrons. The first-order valence-corrected chi connectivity index (χ1v) is 8.44. The van der Waals surface area contributed by atoms with Crippen LogP contribution in [0.1, 0.15) is 12.5 Å². The number of benzene rings is 2. The van der Waals surface area contributed by atoms with Crippen LogP contribution in [0.15, 0.2) is 59.5 Å². The Bertz CT molecular complexity index is 659. The zero-order valence-electron chi connectivity index (χ0n) is 13.0. The minimum atomic E-state index is -0.120. The molecule has 0 bridgehead atoms. The molecule has 120 valence electrons. The Morgan fingerprint density at radius 2 is 1.70 bits per heavy atom. The second kappa shape index (κ2) is 9.00. The second-order valence-electron chi connectivity index (χ2n) is 5.05. The fraction of sp³-hybridized carbons (Fsp3) is 0.222. The number of nitrogens with one attached hydrogen (secondary N) is 2. The average molecular weight is 328 g/mol. The van der Waals surface area contributed by atoms with Crippen molar-refractivity contribution in [2.75, 3.05) is 17.6 Å². The molecule has 5 heteroatoms. The first-order valence-electron chi connectivity index (χ1n) is 7.45. The van der Waals surface area contributed by atoms with Crippen LogP contribution in [0.5, 0.6) is 0 Å². The van der Waals surface area contributed by atoms with Crippen molar-refractivity contribution in [2.45, 2.75) is 18.2 Å². The van der Waals surface area contributed by atoms with E-state index in [1.807, 2.05) is 54.6 Å². The van der Waals surface area contributed by atoms with E-state index in [2.05, 4.69) is 10.6 Å². The summed E-state index contributed by atoms with van der Waals surface area (Å²) in [6.07, 6.45) is 0.819. The van der Waals surface area contributed by atoms with E-state index in [-0.39, 0.29) is 11.8 Å². The van der Waals surface area contributed by atoms with E-state index in [1.165, 1.54) is 24.2 Å². The van der Waals surface area contributed by atoms with E-state index in [1.54, 1.807) is 0 Å². The maximum atomic E-state index is 11.9. The first kappa shape index (κ1) is 17.1. The van der Waals surface area contributed by atoms with Crippen molar-refractivity contribution in [2.24, 2.45) is 0 Å². The summed E-state index contributed by atoms with van der Waals surface area (Å²) in [4.78, 5) is 24.0. The van der Waals surface area contributed by atoms with Crippen LogP contribution >= 0.6 is 11.8 Å². The van der Waals surface area contributed by atoms with Crippen molar-refractivity contribution in [3.63, 3.8) is 0 Å². The molecule has 23 heavy (non-hydrogen) atoms. The molecule has 0 heterocycles. The SMILES string of the molecule is CC(=O)Nc1ccccc1SCC(=O)NCCc1ccccc1. The summed E-state index contributed by atoms with van der Waals surface area (Å²) in [5, 5.41) is 5.68. The van der Waals surface area contributed by atoms with Crippen LogP contribution in [0.2, 0.25) is 0 Å². The summed E-state index contributed by atoms with van der Waals surface area (Å²) < 4.78 is 0. The molecule has 2 amide bonds. The molecule has 2 N–H and O–H groups in total. The highest BCUT2D eigenvalue weighted by atomic mass is 32.2. The van der Waals surface area contributed by atoms with Gasteiger partial charge in [-0.05, 0) is 24.1 Å². The Kier molecular flexibility index (Phi) is 6.69. The van der Waals surface area contributed by atoms with Crippen LogP contribution < -0.4 is 10.6 Å². The Labute approximate surface area is 140 Å². The van der Waals surface area contributed by atoms with Gasteiger partial charge in [-0.1, -0.05) is 42.5 Å². The second-order valence-corrected chi connectivity index (χ2v) is 6.07. The minimum Gasteiger partial charge on any atom is -0.355 e. The van der Waals surface area contributed by atoms with Crippen LogP contribution in [0.25, 0.3) is 0 Å². The molecule has 0 saturated carbocycles. The number of anilines is 1. The minimum absolute atomic E-state index is 0.0106. The molecule has 2 aromatic rings. The standard InChI is InChI=1S/C18H20N2O2S/c1-14(21)20-16-9-5-6-10-17(16)23-13-18(22)19-12-11-15-7-3-2-4-8-15/h2-10H,11-13H2,1H3,(H,19,22)(H,20,21). The number of thioether (sulfide) groups is 1. The molecule has 0 saturated heterocycles.